The molecule has 0 aliphatic rings. The van der Waals surface area contributed by atoms with Crippen molar-refractivity contribution >= 4 is 11.6 Å². The summed E-state index contributed by atoms with van der Waals surface area (Å²) in [6.45, 7) is 3.83. The second-order valence-electron chi connectivity index (χ2n) is 8.21. The van der Waals surface area contributed by atoms with Crippen LogP contribution in [0.2, 0.25) is 0 Å². The van der Waals surface area contributed by atoms with E-state index in [2.05, 4.69) is 0 Å². The highest BCUT2D eigenvalue weighted by atomic mass is 16.3. The maximum absolute atomic E-state index is 12.7. The molecule has 0 saturated carbocycles. The van der Waals surface area contributed by atoms with E-state index < -0.39 is 47.8 Å². The molecule has 0 radical (unpaired) electrons. The van der Waals surface area contributed by atoms with Crippen molar-refractivity contribution in [1.29, 1.82) is 0 Å². The number of rotatable bonds is 13. The minimum Gasteiger partial charge on any atom is -0.389 e. The summed E-state index contributed by atoms with van der Waals surface area (Å²) in [6.07, 6.45) is -4.63. The molecule has 6 atom stereocenters. The number of ketones is 2. The largest absolute Gasteiger partial charge is 0.389 e. The van der Waals surface area contributed by atoms with E-state index in [4.69, 9.17) is 0 Å². The van der Waals surface area contributed by atoms with E-state index in [1.807, 2.05) is 26.0 Å². The summed E-state index contributed by atoms with van der Waals surface area (Å²) in [4.78, 5) is 25.3. The van der Waals surface area contributed by atoms with Crippen LogP contribution in [0.25, 0.3) is 0 Å². The lowest BCUT2D eigenvalue weighted by Gasteiger charge is -2.28. The fourth-order valence-electron chi connectivity index (χ4n) is 4.13. The predicted octanol–water partition coefficient (Wildman–Crippen LogP) is 2.74. The summed E-state index contributed by atoms with van der Waals surface area (Å²) >= 11 is 0. The molecule has 0 aliphatic carbocycles. The van der Waals surface area contributed by atoms with Gasteiger partial charge in [-0.3, -0.25) is 9.59 Å². The first-order chi connectivity index (χ1) is 15.3. The Morgan fingerprint density at radius 1 is 0.625 bits per heavy atom. The van der Waals surface area contributed by atoms with Crippen molar-refractivity contribution in [3.05, 3.63) is 71.8 Å². The zero-order valence-corrected chi connectivity index (χ0v) is 18.7. The van der Waals surface area contributed by atoms with E-state index in [0.717, 1.165) is 11.1 Å². The summed E-state index contributed by atoms with van der Waals surface area (Å²) in [5.41, 5.74) is 1.49. The summed E-state index contributed by atoms with van der Waals surface area (Å²) in [5.74, 6) is -3.70. The Balaban J connectivity index is 2.17. The van der Waals surface area contributed by atoms with Gasteiger partial charge in [0.15, 0.2) is 0 Å². The van der Waals surface area contributed by atoms with Crippen LogP contribution in [0, 0.1) is 0 Å². The van der Waals surface area contributed by atoms with Crippen molar-refractivity contribution in [3.8, 4) is 0 Å². The van der Waals surface area contributed by atoms with Crippen LogP contribution in [0.15, 0.2) is 60.7 Å². The van der Waals surface area contributed by atoms with Crippen LogP contribution in [0.4, 0.5) is 0 Å². The molecule has 2 rings (SSSR count). The van der Waals surface area contributed by atoms with Crippen molar-refractivity contribution in [1.82, 2.24) is 0 Å². The van der Waals surface area contributed by atoms with Gasteiger partial charge in [-0.05, 0) is 24.0 Å². The van der Waals surface area contributed by atoms with Crippen LogP contribution in [-0.2, 0) is 9.59 Å². The number of carbonyl (C=O) groups excluding carboxylic acids is 2. The molecule has 32 heavy (non-hydrogen) atoms. The molecule has 0 amide bonds. The van der Waals surface area contributed by atoms with Gasteiger partial charge in [-0.1, -0.05) is 87.4 Å². The van der Waals surface area contributed by atoms with Crippen molar-refractivity contribution in [3.63, 3.8) is 0 Å². The molecule has 0 bridgehead atoms. The fraction of sp³-hybridized carbons (Fsp3) is 0.462. The third-order valence-corrected chi connectivity index (χ3v) is 5.91. The lowest BCUT2D eigenvalue weighted by molar-refractivity contribution is -0.153. The molecule has 174 valence electrons. The zero-order valence-electron chi connectivity index (χ0n) is 18.7. The quantitative estimate of drug-likeness (QED) is 0.355. The predicted molar refractivity (Wildman–Crippen MR) is 122 cm³/mol. The highest BCUT2D eigenvalue weighted by Gasteiger charge is 2.41. The Kier molecular flexibility index (Phi) is 10.2. The maximum Gasteiger partial charge on any atom is 0.232 e. The average Bonchev–Trinajstić information content (AvgIpc) is 2.84. The third kappa shape index (κ3) is 6.33. The molecule has 4 N–H and O–H groups in total. The smallest absolute Gasteiger partial charge is 0.232 e. The highest BCUT2D eigenvalue weighted by molar-refractivity contribution is 6.40. The van der Waals surface area contributed by atoms with Gasteiger partial charge in [-0.25, -0.2) is 0 Å². The van der Waals surface area contributed by atoms with Crippen LogP contribution in [0.5, 0.6) is 0 Å². The van der Waals surface area contributed by atoms with Crippen LogP contribution in [0.1, 0.15) is 62.5 Å². The van der Waals surface area contributed by atoms with Gasteiger partial charge < -0.3 is 20.4 Å². The molecule has 0 aromatic heterocycles. The van der Waals surface area contributed by atoms with Crippen LogP contribution in [0.3, 0.4) is 0 Å². The molecule has 0 spiro atoms. The Bertz CT molecular complexity index is 766. The van der Waals surface area contributed by atoms with Gasteiger partial charge >= 0.3 is 0 Å². The molecule has 6 nitrogen and oxygen atoms in total. The van der Waals surface area contributed by atoms with Gasteiger partial charge in [0.2, 0.25) is 11.6 Å². The molecule has 0 saturated heterocycles. The normalized spacial score (nSPS) is 17.1. The first-order valence-electron chi connectivity index (χ1n) is 11.2. The zero-order chi connectivity index (χ0) is 23.7. The summed E-state index contributed by atoms with van der Waals surface area (Å²) in [6, 6.07) is 18.0. The molecular formula is C26H34O6. The SMILES string of the molecule is CCCC(c1ccccc1)C(O)[C@H](O)C(=O)C(=O)[C@H](O)C(O)C(CCC)c1ccccc1. The first-order valence-corrected chi connectivity index (χ1v) is 11.2. The van der Waals surface area contributed by atoms with E-state index >= 15 is 0 Å². The minimum absolute atomic E-state index is 0.501. The second-order valence-corrected chi connectivity index (χ2v) is 8.21. The molecule has 4 unspecified atom stereocenters. The molecular weight excluding hydrogens is 408 g/mol. The third-order valence-electron chi connectivity index (χ3n) is 5.91. The molecule has 2 aromatic carbocycles. The number of aliphatic hydroxyl groups is 4. The summed E-state index contributed by atoms with van der Waals surface area (Å²) < 4.78 is 0. The Morgan fingerprint density at radius 3 is 1.22 bits per heavy atom. The number of carbonyl (C=O) groups is 2. The molecule has 0 heterocycles. The monoisotopic (exact) mass is 442 g/mol. The van der Waals surface area contributed by atoms with Gasteiger partial charge in [-0.15, -0.1) is 0 Å². The topological polar surface area (TPSA) is 115 Å². The van der Waals surface area contributed by atoms with Gasteiger partial charge in [0.25, 0.3) is 0 Å². The van der Waals surface area contributed by atoms with Gasteiger partial charge in [-0.2, -0.15) is 0 Å². The number of hydrogen-bond donors (Lipinski definition) is 4. The van der Waals surface area contributed by atoms with Gasteiger partial charge in [0, 0.05) is 11.8 Å². The lowest BCUT2D eigenvalue weighted by atomic mass is 9.82. The Labute approximate surface area is 189 Å². The summed E-state index contributed by atoms with van der Waals surface area (Å²) in [7, 11) is 0. The van der Waals surface area contributed by atoms with Crippen molar-refractivity contribution < 1.29 is 30.0 Å². The highest BCUT2D eigenvalue weighted by Crippen LogP contribution is 2.29. The average molecular weight is 443 g/mol. The minimum atomic E-state index is -2.00. The second kappa shape index (κ2) is 12.6. The Hall–Kier alpha value is -2.38. The van der Waals surface area contributed by atoms with Crippen LogP contribution < -0.4 is 0 Å². The van der Waals surface area contributed by atoms with E-state index in [9.17, 15) is 30.0 Å². The molecule has 0 fully saturated rings. The number of benzene rings is 2. The van der Waals surface area contributed by atoms with Crippen LogP contribution in [-0.4, -0.2) is 56.4 Å². The standard InChI is InChI=1S/C26H34O6/c1-3-11-19(17-13-7-5-8-14-17)21(27)23(29)25(31)26(32)24(30)22(28)20(12-4-2)18-15-9-6-10-16-18/h5-10,13-16,19-24,27-30H,3-4,11-12H2,1-2H3/t19?,20?,21?,22?,23-,24+. The molecule has 2 aromatic rings. The summed E-state index contributed by atoms with van der Waals surface area (Å²) in [5, 5.41) is 42.4. The number of hydrogen-bond acceptors (Lipinski definition) is 6. The molecule has 0 aliphatic heterocycles. The maximum atomic E-state index is 12.7. The van der Waals surface area contributed by atoms with Crippen LogP contribution >= 0.6 is 0 Å². The number of Topliss-reactive ketones (excluding diaryl/α,β-unsaturated/α-hetero) is 2. The lowest BCUT2D eigenvalue weighted by Crippen LogP contribution is -2.48. The van der Waals surface area contributed by atoms with Gasteiger partial charge in [0.1, 0.15) is 12.2 Å². The number of aliphatic hydroxyl groups excluding tert-OH is 4. The van der Waals surface area contributed by atoms with Crippen molar-refractivity contribution in [2.24, 2.45) is 0 Å². The van der Waals surface area contributed by atoms with Crippen molar-refractivity contribution in [2.45, 2.75) is 75.8 Å². The van der Waals surface area contributed by atoms with Crippen molar-refractivity contribution in [2.75, 3.05) is 0 Å². The van der Waals surface area contributed by atoms with E-state index in [1.165, 1.54) is 0 Å². The Morgan fingerprint density at radius 2 is 0.938 bits per heavy atom. The molecule has 6 heteroatoms. The van der Waals surface area contributed by atoms with Gasteiger partial charge in [0.05, 0.1) is 12.2 Å². The fourth-order valence-corrected chi connectivity index (χ4v) is 4.13. The van der Waals surface area contributed by atoms with E-state index in [-0.39, 0.29) is 0 Å². The van der Waals surface area contributed by atoms with E-state index in [1.54, 1.807) is 48.5 Å². The van der Waals surface area contributed by atoms with E-state index in [0.29, 0.717) is 25.7 Å². The first kappa shape index (κ1) is 25.9.